The minimum absolute atomic E-state index is 0.452. The molecule has 5 nitrogen and oxygen atoms in total. The highest BCUT2D eigenvalue weighted by Crippen LogP contribution is 2.31. The lowest BCUT2D eigenvalue weighted by molar-refractivity contribution is 0.0635. The number of ether oxygens (including phenoxy) is 1. The van der Waals surface area contributed by atoms with E-state index in [4.69, 9.17) is 4.74 Å². The van der Waals surface area contributed by atoms with E-state index < -0.39 is 11.7 Å². The Hall–Kier alpha value is -1.62. The molecule has 0 spiro atoms. The quantitative estimate of drug-likeness (QED) is 0.844. The van der Waals surface area contributed by atoms with Crippen molar-refractivity contribution in [3.63, 3.8) is 0 Å². The van der Waals surface area contributed by atoms with Crippen molar-refractivity contribution in [1.29, 1.82) is 0 Å². The van der Waals surface area contributed by atoms with Crippen LogP contribution in [0.2, 0.25) is 0 Å². The number of carbonyl (C=O) groups is 1. The minimum atomic E-state index is -0.508. The summed E-state index contributed by atoms with van der Waals surface area (Å²) >= 11 is 0. The van der Waals surface area contributed by atoms with Gasteiger partial charge in [-0.15, -0.1) is 0 Å². The van der Waals surface area contributed by atoms with E-state index in [-0.39, 0.29) is 0 Å². The second-order valence-corrected chi connectivity index (χ2v) is 7.50. The maximum absolute atomic E-state index is 11.8. The van der Waals surface area contributed by atoms with Crippen molar-refractivity contribution in [3.8, 4) is 0 Å². The first-order chi connectivity index (χ1) is 11.4. The lowest BCUT2D eigenvalue weighted by atomic mass is 9.96. The first-order valence-corrected chi connectivity index (χ1v) is 9.09. The SMILES string of the molecule is CCCCN1CCCCC1c1ccc(NC(=O)OC(C)(C)C)nc1. The molecular formula is C19H31N3O2. The Morgan fingerprint density at radius 2 is 2.17 bits per heavy atom. The lowest BCUT2D eigenvalue weighted by Gasteiger charge is -2.36. The number of hydrogen-bond acceptors (Lipinski definition) is 4. The second-order valence-electron chi connectivity index (χ2n) is 7.50. The number of pyridine rings is 1. The molecule has 2 rings (SSSR count). The standard InChI is InChI=1S/C19H31N3O2/c1-5-6-12-22-13-8-7-9-16(22)15-10-11-17(20-14-15)21-18(23)24-19(2,3)4/h10-11,14,16H,5-9,12-13H2,1-4H3,(H,20,21,23). The van der Waals surface area contributed by atoms with Gasteiger partial charge in [-0.25, -0.2) is 9.78 Å². The molecule has 1 aliphatic rings. The summed E-state index contributed by atoms with van der Waals surface area (Å²) in [7, 11) is 0. The van der Waals surface area contributed by atoms with Gasteiger partial charge in [0.1, 0.15) is 11.4 Å². The van der Waals surface area contributed by atoms with Crippen LogP contribution in [-0.4, -0.2) is 34.7 Å². The molecule has 0 radical (unpaired) electrons. The number of rotatable bonds is 5. The van der Waals surface area contributed by atoms with E-state index in [0.29, 0.717) is 11.9 Å². The summed E-state index contributed by atoms with van der Waals surface area (Å²) in [6.45, 7) is 10.1. The van der Waals surface area contributed by atoms with Crippen molar-refractivity contribution in [1.82, 2.24) is 9.88 Å². The van der Waals surface area contributed by atoms with E-state index in [1.54, 1.807) is 0 Å². The van der Waals surface area contributed by atoms with Crippen LogP contribution in [0.15, 0.2) is 18.3 Å². The molecule has 1 saturated heterocycles. The predicted molar refractivity (Wildman–Crippen MR) is 97.2 cm³/mol. The number of piperidine rings is 1. The van der Waals surface area contributed by atoms with Crippen LogP contribution in [0.3, 0.4) is 0 Å². The van der Waals surface area contributed by atoms with Crippen LogP contribution in [0, 0.1) is 0 Å². The Labute approximate surface area is 145 Å². The molecule has 1 N–H and O–H groups in total. The van der Waals surface area contributed by atoms with Crippen molar-refractivity contribution >= 4 is 11.9 Å². The topological polar surface area (TPSA) is 54.5 Å². The Morgan fingerprint density at radius 1 is 1.38 bits per heavy atom. The van der Waals surface area contributed by atoms with Crippen LogP contribution in [0.1, 0.15) is 71.4 Å². The smallest absolute Gasteiger partial charge is 0.413 e. The molecule has 0 bridgehead atoms. The summed E-state index contributed by atoms with van der Waals surface area (Å²) in [4.78, 5) is 18.8. The molecule has 1 unspecified atom stereocenters. The van der Waals surface area contributed by atoms with Crippen molar-refractivity contribution < 1.29 is 9.53 Å². The maximum Gasteiger partial charge on any atom is 0.413 e. The highest BCUT2D eigenvalue weighted by Gasteiger charge is 2.23. The summed E-state index contributed by atoms with van der Waals surface area (Å²) in [5, 5.41) is 2.69. The van der Waals surface area contributed by atoms with Crippen molar-refractivity contribution in [2.45, 2.75) is 71.4 Å². The van der Waals surface area contributed by atoms with Crippen LogP contribution in [-0.2, 0) is 4.74 Å². The normalized spacial score (nSPS) is 19.1. The zero-order valence-electron chi connectivity index (χ0n) is 15.5. The van der Waals surface area contributed by atoms with Gasteiger partial charge in [0.2, 0.25) is 0 Å². The van der Waals surface area contributed by atoms with E-state index in [0.717, 1.165) is 6.54 Å². The van der Waals surface area contributed by atoms with Gasteiger partial charge in [-0.2, -0.15) is 0 Å². The maximum atomic E-state index is 11.8. The monoisotopic (exact) mass is 333 g/mol. The van der Waals surface area contributed by atoms with E-state index in [2.05, 4.69) is 28.2 Å². The largest absolute Gasteiger partial charge is 0.444 e. The second kappa shape index (κ2) is 8.47. The fraction of sp³-hybridized carbons (Fsp3) is 0.684. The summed E-state index contributed by atoms with van der Waals surface area (Å²) in [6, 6.07) is 4.40. The third-order valence-electron chi connectivity index (χ3n) is 4.21. The molecule has 0 aliphatic carbocycles. The van der Waals surface area contributed by atoms with E-state index in [9.17, 15) is 4.79 Å². The van der Waals surface area contributed by atoms with Crippen molar-refractivity contribution in [3.05, 3.63) is 23.9 Å². The van der Waals surface area contributed by atoms with Gasteiger partial charge < -0.3 is 4.74 Å². The summed E-state index contributed by atoms with van der Waals surface area (Å²) in [5.41, 5.74) is 0.729. The Morgan fingerprint density at radius 3 is 2.79 bits per heavy atom. The number of anilines is 1. The van der Waals surface area contributed by atoms with Crippen LogP contribution in [0.5, 0.6) is 0 Å². The number of amides is 1. The number of aromatic nitrogens is 1. The molecule has 1 amide bonds. The van der Waals surface area contributed by atoms with E-state index in [1.165, 1.54) is 44.2 Å². The first kappa shape index (κ1) is 18.7. The average molecular weight is 333 g/mol. The molecular weight excluding hydrogens is 302 g/mol. The van der Waals surface area contributed by atoms with Gasteiger partial charge in [0.25, 0.3) is 0 Å². The van der Waals surface area contributed by atoms with Gasteiger partial charge in [0.05, 0.1) is 0 Å². The predicted octanol–water partition coefficient (Wildman–Crippen LogP) is 4.76. The van der Waals surface area contributed by atoms with Crippen LogP contribution in [0.25, 0.3) is 0 Å². The van der Waals surface area contributed by atoms with Gasteiger partial charge in [-0.1, -0.05) is 25.8 Å². The zero-order chi connectivity index (χ0) is 17.6. The summed E-state index contributed by atoms with van der Waals surface area (Å²) < 4.78 is 5.25. The molecule has 1 aliphatic heterocycles. The number of carbonyl (C=O) groups excluding carboxylic acids is 1. The number of likely N-dealkylation sites (tertiary alicyclic amines) is 1. The van der Waals surface area contributed by atoms with Gasteiger partial charge in [-0.05, 0) is 64.8 Å². The fourth-order valence-electron chi connectivity index (χ4n) is 3.08. The van der Waals surface area contributed by atoms with E-state index >= 15 is 0 Å². The molecule has 1 fully saturated rings. The first-order valence-electron chi connectivity index (χ1n) is 9.09. The highest BCUT2D eigenvalue weighted by molar-refractivity contribution is 5.83. The van der Waals surface area contributed by atoms with Gasteiger partial charge in [-0.3, -0.25) is 10.2 Å². The molecule has 1 aromatic rings. The van der Waals surface area contributed by atoms with Gasteiger partial charge in [0.15, 0.2) is 0 Å². The molecule has 1 atom stereocenters. The third-order valence-corrected chi connectivity index (χ3v) is 4.21. The molecule has 5 heteroatoms. The zero-order valence-corrected chi connectivity index (χ0v) is 15.5. The molecule has 1 aromatic heterocycles. The molecule has 2 heterocycles. The van der Waals surface area contributed by atoms with Crippen LogP contribution < -0.4 is 5.32 Å². The fourth-order valence-corrected chi connectivity index (χ4v) is 3.08. The Balaban J connectivity index is 1.98. The summed E-state index contributed by atoms with van der Waals surface area (Å²) in [6.07, 6.45) is 7.62. The minimum Gasteiger partial charge on any atom is -0.444 e. The van der Waals surface area contributed by atoms with Crippen molar-refractivity contribution in [2.75, 3.05) is 18.4 Å². The molecule has 0 aromatic carbocycles. The number of nitrogens with zero attached hydrogens (tertiary/aromatic N) is 2. The number of nitrogens with one attached hydrogen (secondary N) is 1. The Bertz CT molecular complexity index is 522. The summed E-state index contributed by atoms with van der Waals surface area (Å²) in [5.74, 6) is 0.531. The number of unbranched alkanes of at least 4 members (excludes halogenated alkanes) is 1. The lowest BCUT2D eigenvalue weighted by Crippen LogP contribution is -2.34. The van der Waals surface area contributed by atoms with Crippen LogP contribution in [0.4, 0.5) is 10.6 Å². The highest BCUT2D eigenvalue weighted by atomic mass is 16.6. The van der Waals surface area contributed by atoms with Gasteiger partial charge in [0, 0.05) is 12.2 Å². The third kappa shape index (κ3) is 5.78. The van der Waals surface area contributed by atoms with Crippen LogP contribution >= 0.6 is 0 Å². The Kier molecular flexibility index (Phi) is 6.60. The van der Waals surface area contributed by atoms with E-state index in [1.807, 2.05) is 33.0 Å². The number of hydrogen-bond donors (Lipinski definition) is 1. The molecule has 24 heavy (non-hydrogen) atoms. The van der Waals surface area contributed by atoms with Crippen molar-refractivity contribution in [2.24, 2.45) is 0 Å². The molecule has 0 saturated carbocycles. The molecule has 134 valence electrons. The van der Waals surface area contributed by atoms with Gasteiger partial charge >= 0.3 is 6.09 Å². The average Bonchev–Trinajstić information content (AvgIpc) is 2.52.